The molecule has 5 heteroatoms. The fourth-order valence-corrected chi connectivity index (χ4v) is 1.19. The monoisotopic (exact) mass is 231 g/mol. The molecule has 0 saturated carbocycles. The topological polar surface area (TPSA) is 49.3 Å². The van der Waals surface area contributed by atoms with Crippen molar-refractivity contribution < 1.29 is 14.3 Å². The predicted octanol–water partition coefficient (Wildman–Crippen LogP) is 1.59. The van der Waals surface area contributed by atoms with Crippen molar-refractivity contribution >= 4 is 17.5 Å². The molecule has 0 aliphatic heterocycles. The second kappa shape index (κ2) is 5.09. The number of halogens is 2. The summed E-state index contributed by atoms with van der Waals surface area (Å²) in [5.74, 6) is -1.34. The summed E-state index contributed by atoms with van der Waals surface area (Å²) in [7, 11) is 0. The maximum atomic E-state index is 13.3. The third-order valence-corrected chi connectivity index (χ3v) is 2.05. The molecule has 2 N–H and O–H groups in total. The van der Waals surface area contributed by atoms with Crippen LogP contribution in [0.15, 0.2) is 18.2 Å². The summed E-state index contributed by atoms with van der Waals surface area (Å²) in [5.41, 5.74) is -0.122. The average Bonchev–Trinajstić information content (AvgIpc) is 2.18. The number of rotatable bonds is 3. The number of nitrogens with one attached hydrogen (secondary N) is 1. The van der Waals surface area contributed by atoms with Gasteiger partial charge in [0.1, 0.15) is 0 Å². The number of benzene rings is 1. The van der Waals surface area contributed by atoms with Crippen molar-refractivity contribution in [3.05, 3.63) is 34.6 Å². The summed E-state index contributed by atoms with van der Waals surface area (Å²) in [4.78, 5) is 11.4. The van der Waals surface area contributed by atoms with Gasteiger partial charge in [-0.15, -0.1) is 0 Å². The highest BCUT2D eigenvalue weighted by Crippen LogP contribution is 2.17. The first-order valence-electron chi connectivity index (χ1n) is 4.42. The second-order valence-corrected chi connectivity index (χ2v) is 3.57. The summed E-state index contributed by atoms with van der Waals surface area (Å²) < 4.78 is 13.3. The zero-order valence-electron chi connectivity index (χ0n) is 8.13. The Bertz CT molecular complexity index is 368. The van der Waals surface area contributed by atoms with Crippen LogP contribution in [0, 0.1) is 5.82 Å². The lowest BCUT2D eigenvalue weighted by Gasteiger charge is -2.08. The highest BCUT2D eigenvalue weighted by atomic mass is 35.5. The van der Waals surface area contributed by atoms with Crippen LogP contribution in [-0.4, -0.2) is 23.7 Å². The van der Waals surface area contributed by atoms with Crippen LogP contribution >= 0.6 is 11.6 Å². The Hall–Kier alpha value is -1.13. The smallest absolute Gasteiger partial charge is 0.254 e. The molecule has 0 spiro atoms. The van der Waals surface area contributed by atoms with Gasteiger partial charge in [0.15, 0.2) is 5.82 Å². The Labute approximate surface area is 91.9 Å². The number of hydrogen-bond donors (Lipinski definition) is 2. The van der Waals surface area contributed by atoms with E-state index in [-0.39, 0.29) is 17.1 Å². The highest BCUT2D eigenvalue weighted by Gasteiger charge is 2.13. The molecular formula is C10H11ClFNO2. The maximum Gasteiger partial charge on any atom is 0.254 e. The molecule has 15 heavy (non-hydrogen) atoms. The van der Waals surface area contributed by atoms with E-state index in [0.717, 1.165) is 0 Å². The van der Waals surface area contributed by atoms with Gasteiger partial charge in [-0.25, -0.2) is 4.39 Å². The molecule has 1 aromatic carbocycles. The van der Waals surface area contributed by atoms with E-state index in [1.54, 1.807) is 0 Å². The molecule has 0 saturated heterocycles. The molecule has 0 fully saturated rings. The normalized spacial score (nSPS) is 12.3. The van der Waals surface area contributed by atoms with E-state index >= 15 is 0 Å². The quantitative estimate of drug-likeness (QED) is 0.830. The first kappa shape index (κ1) is 11.9. The second-order valence-electron chi connectivity index (χ2n) is 3.16. The summed E-state index contributed by atoms with van der Waals surface area (Å²) in [6.07, 6.45) is -0.670. The lowest BCUT2D eigenvalue weighted by atomic mass is 10.2. The van der Waals surface area contributed by atoms with Gasteiger partial charge in [-0.05, 0) is 19.1 Å². The van der Waals surface area contributed by atoms with Crippen LogP contribution < -0.4 is 5.32 Å². The van der Waals surface area contributed by atoms with Gasteiger partial charge in [0.05, 0.1) is 16.7 Å². The third-order valence-electron chi connectivity index (χ3n) is 1.75. The first-order chi connectivity index (χ1) is 7.02. The van der Waals surface area contributed by atoms with Crippen LogP contribution in [-0.2, 0) is 0 Å². The molecule has 0 heterocycles. The Kier molecular flexibility index (Phi) is 4.05. The largest absolute Gasteiger partial charge is 0.392 e. The van der Waals surface area contributed by atoms with Crippen molar-refractivity contribution in [3.63, 3.8) is 0 Å². The van der Waals surface area contributed by atoms with Crippen LogP contribution in [0.3, 0.4) is 0 Å². The fourth-order valence-electron chi connectivity index (χ4n) is 1.01. The Morgan fingerprint density at radius 1 is 1.67 bits per heavy atom. The van der Waals surface area contributed by atoms with Crippen LogP contribution in [0.1, 0.15) is 17.3 Å². The van der Waals surface area contributed by atoms with Crippen molar-refractivity contribution in [1.82, 2.24) is 5.32 Å². The SMILES string of the molecule is CC(O)CNC(=O)c1cccc(Cl)c1F. The van der Waals surface area contributed by atoms with Gasteiger partial charge < -0.3 is 10.4 Å². The van der Waals surface area contributed by atoms with Gasteiger partial charge in [-0.1, -0.05) is 17.7 Å². The fraction of sp³-hybridized carbons (Fsp3) is 0.300. The van der Waals surface area contributed by atoms with E-state index in [1.807, 2.05) is 0 Å². The molecule has 1 aromatic rings. The molecule has 1 unspecified atom stereocenters. The van der Waals surface area contributed by atoms with E-state index < -0.39 is 17.8 Å². The summed E-state index contributed by atoms with van der Waals surface area (Å²) in [6.45, 7) is 1.60. The van der Waals surface area contributed by atoms with Crippen LogP contribution in [0.2, 0.25) is 5.02 Å². The summed E-state index contributed by atoms with van der Waals surface area (Å²) >= 11 is 5.52. The molecule has 1 amide bonds. The van der Waals surface area contributed by atoms with Crippen molar-refractivity contribution in [3.8, 4) is 0 Å². The van der Waals surface area contributed by atoms with E-state index in [1.165, 1.54) is 25.1 Å². The number of carbonyl (C=O) groups is 1. The van der Waals surface area contributed by atoms with Gasteiger partial charge in [-0.3, -0.25) is 4.79 Å². The van der Waals surface area contributed by atoms with Crippen molar-refractivity contribution in [2.24, 2.45) is 0 Å². The molecule has 0 aliphatic carbocycles. The molecule has 3 nitrogen and oxygen atoms in total. The van der Waals surface area contributed by atoms with E-state index in [4.69, 9.17) is 16.7 Å². The zero-order valence-corrected chi connectivity index (χ0v) is 8.88. The lowest BCUT2D eigenvalue weighted by molar-refractivity contribution is 0.0920. The maximum absolute atomic E-state index is 13.3. The molecular weight excluding hydrogens is 221 g/mol. The van der Waals surface area contributed by atoms with Crippen LogP contribution in [0.25, 0.3) is 0 Å². The zero-order chi connectivity index (χ0) is 11.4. The van der Waals surface area contributed by atoms with Crippen LogP contribution in [0.4, 0.5) is 4.39 Å². The van der Waals surface area contributed by atoms with Gasteiger partial charge in [-0.2, -0.15) is 0 Å². The number of amides is 1. The Morgan fingerprint density at radius 3 is 2.93 bits per heavy atom. The number of aliphatic hydroxyl groups is 1. The van der Waals surface area contributed by atoms with Gasteiger partial charge >= 0.3 is 0 Å². The Balaban J connectivity index is 2.78. The summed E-state index contributed by atoms with van der Waals surface area (Å²) in [6, 6.07) is 4.18. The molecule has 0 bridgehead atoms. The van der Waals surface area contributed by atoms with E-state index in [2.05, 4.69) is 5.32 Å². The number of carbonyl (C=O) groups excluding carboxylic acids is 1. The lowest BCUT2D eigenvalue weighted by Crippen LogP contribution is -2.31. The number of hydrogen-bond acceptors (Lipinski definition) is 2. The third kappa shape index (κ3) is 3.18. The Morgan fingerprint density at radius 2 is 2.33 bits per heavy atom. The molecule has 1 rings (SSSR count). The van der Waals surface area contributed by atoms with E-state index in [9.17, 15) is 9.18 Å². The average molecular weight is 232 g/mol. The molecule has 82 valence electrons. The molecule has 0 aromatic heterocycles. The minimum atomic E-state index is -0.748. The van der Waals surface area contributed by atoms with E-state index in [0.29, 0.717) is 0 Å². The highest BCUT2D eigenvalue weighted by molar-refractivity contribution is 6.31. The predicted molar refractivity (Wildman–Crippen MR) is 55.4 cm³/mol. The minimum Gasteiger partial charge on any atom is -0.392 e. The standard InChI is InChI=1S/C10H11ClFNO2/c1-6(14)5-13-10(15)7-3-2-4-8(11)9(7)12/h2-4,6,14H,5H2,1H3,(H,13,15). The van der Waals surface area contributed by atoms with Gasteiger partial charge in [0.25, 0.3) is 5.91 Å². The first-order valence-corrected chi connectivity index (χ1v) is 4.80. The molecule has 1 atom stereocenters. The van der Waals surface area contributed by atoms with Gasteiger partial charge in [0.2, 0.25) is 0 Å². The number of aliphatic hydroxyl groups excluding tert-OH is 1. The van der Waals surface area contributed by atoms with Crippen molar-refractivity contribution in [2.45, 2.75) is 13.0 Å². The molecule has 0 aliphatic rings. The molecule has 0 radical (unpaired) electrons. The minimum absolute atomic E-state index is 0.0742. The summed E-state index contributed by atoms with van der Waals surface area (Å²) in [5, 5.41) is 11.2. The van der Waals surface area contributed by atoms with Crippen molar-refractivity contribution in [1.29, 1.82) is 0 Å². The van der Waals surface area contributed by atoms with Gasteiger partial charge in [0, 0.05) is 6.54 Å². The van der Waals surface area contributed by atoms with Crippen LogP contribution in [0.5, 0.6) is 0 Å². The van der Waals surface area contributed by atoms with Crippen molar-refractivity contribution in [2.75, 3.05) is 6.54 Å².